The molecule has 3 nitrogen and oxygen atoms in total. The van der Waals surface area contributed by atoms with Crippen LogP contribution in [0.4, 0.5) is 0 Å². The fourth-order valence-corrected chi connectivity index (χ4v) is 3.50. The Bertz CT molecular complexity index is 229. The lowest BCUT2D eigenvalue weighted by Crippen LogP contribution is -2.53. The molecule has 100 valence electrons. The molecule has 17 heavy (non-hydrogen) atoms. The minimum absolute atomic E-state index is 0.362. The second-order valence-corrected chi connectivity index (χ2v) is 5.98. The van der Waals surface area contributed by atoms with Gasteiger partial charge in [-0.15, -0.1) is 0 Å². The molecular weight excluding hydrogens is 210 g/mol. The van der Waals surface area contributed by atoms with Crippen LogP contribution in [0, 0.1) is 5.41 Å². The number of fused-ring (bicyclic) bond motifs is 1. The predicted octanol–water partition coefficient (Wildman–Crippen LogP) is 1.53. The predicted molar refractivity (Wildman–Crippen MR) is 73.1 cm³/mol. The maximum atomic E-state index is 6.02. The van der Waals surface area contributed by atoms with E-state index in [0.717, 1.165) is 12.6 Å². The summed E-state index contributed by atoms with van der Waals surface area (Å²) in [5, 5.41) is 0. The summed E-state index contributed by atoms with van der Waals surface area (Å²) < 4.78 is 0. The number of rotatable bonds is 5. The Morgan fingerprint density at radius 2 is 1.94 bits per heavy atom. The van der Waals surface area contributed by atoms with E-state index in [-0.39, 0.29) is 0 Å². The Morgan fingerprint density at radius 3 is 2.59 bits per heavy atom. The average molecular weight is 239 g/mol. The van der Waals surface area contributed by atoms with E-state index in [1.54, 1.807) is 0 Å². The van der Waals surface area contributed by atoms with Gasteiger partial charge in [-0.25, -0.2) is 0 Å². The number of nitrogens with zero attached hydrogens (tertiary/aromatic N) is 2. The maximum absolute atomic E-state index is 6.02. The molecule has 0 aromatic heterocycles. The first kappa shape index (κ1) is 13.3. The minimum Gasteiger partial charge on any atom is -0.330 e. The van der Waals surface area contributed by atoms with Crippen LogP contribution in [0.15, 0.2) is 0 Å². The van der Waals surface area contributed by atoms with Gasteiger partial charge in [0, 0.05) is 32.2 Å². The SMILES string of the molecule is CCC(CC)(CN)CN1CCN2CCCC2C1. The van der Waals surface area contributed by atoms with E-state index in [4.69, 9.17) is 5.73 Å². The zero-order valence-corrected chi connectivity index (χ0v) is 11.6. The molecule has 2 heterocycles. The van der Waals surface area contributed by atoms with E-state index in [1.807, 2.05) is 0 Å². The van der Waals surface area contributed by atoms with Crippen LogP contribution in [0.5, 0.6) is 0 Å². The van der Waals surface area contributed by atoms with E-state index in [2.05, 4.69) is 23.6 Å². The fourth-order valence-electron chi connectivity index (χ4n) is 3.50. The molecule has 0 saturated carbocycles. The summed E-state index contributed by atoms with van der Waals surface area (Å²) in [6.07, 6.45) is 5.24. The lowest BCUT2D eigenvalue weighted by Gasteiger charge is -2.42. The van der Waals surface area contributed by atoms with Crippen LogP contribution < -0.4 is 5.73 Å². The Labute approximate surface area is 106 Å². The minimum atomic E-state index is 0.362. The Kier molecular flexibility index (Phi) is 4.45. The molecule has 1 atom stereocenters. The number of nitrogens with two attached hydrogens (primary N) is 1. The summed E-state index contributed by atoms with van der Waals surface area (Å²) >= 11 is 0. The van der Waals surface area contributed by atoms with E-state index in [9.17, 15) is 0 Å². The molecule has 3 heteroatoms. The van der Waals surface area contributed by atoms with Crippen LogP contribution in [0.3, 0.4) is 0 Å². The molecule has 0 amide bonds. The normalized spacial score (nSPS) is 27.4. The molecule has 2 N–H and O–H groups in total. The maximum Gasteiger partial charge on any atom is 0.0224 e. The van der Waals surface area contributed by atoms with Crippen LogP contribution in [-0.4, -0.2) is 55.1 Å². The molecule has 0 aromatic rings. The van der Waals surface area contributed by atoms with Crippen molar-refractivity contribution in [2.24, 2.45) is 11.1 Å². The molecule has 0 aliphatic carbocycles. The van der Waals surface area contributed by atoms with Gasteiger partial charge in [0.15, 0.2) is 0 Å². The smallest absolute Gasteiger partial charge is 0.0224 e. The lowest BCUT2D eigenvalue weighted by atomic mass is 9.81. The summed E-state index contributed by atoms with van der Waals surface area (Å²) in [5.41, 5.74) is 6.38. The van der Waals surface area contributed by atoms with Gasteiger partial charge in [0.05, 0.1) is 0 Å². The standard InChI is InChI=1S/C14H29N3/c1-3-14(4-2,11-15)12-16-8-9-17-7-5-6-13(17)10-16/h13H,3-12,15H2,1-2H3. The Hall–Kier alpha value is -0.120. The van der Waals surface area contributed by atoms with Gasteiger partial charge in [-0.2, -0.15) is 0 Å². The zero-order valence-electron chi connectivity index (χ0n) is 11.6. The third-order valence-corrected chi connectivity index (χ3v) is 5.16. The molecule has 0 radical (unpaired) electrons. The van der Waals surface area contributed by atoms with Crippen molar-refractivity contribution >= 4 is 0 Å². The third kappa shape index (κ3) is 2.83. The van der Waals surface area contributed by atoms with Crippen molar-refractivity contribution in [1.29, 1.82) is 0 Å². The highest BCUT2D eigenvalue weighted by Gasteiger charge is 2.34. The molecule has 2 fully saturated rings. The van der Waals surface area contributed by atoms with Crippen molar-refractivity contribution in [3.05, 3.63) is 0 Å². The Balaban J connectivity index is 1.90. The second kappa shape index (κ2) is 5.68. The highest BCUT2D eigenvalue weighted by Crippen LogP contribution is 2.29. The molecule has 0 bridgehead atoms. The van der Waals surface area contributed by atoms with E-state index in [1.165, 1.54) is 58.4 Å². The first-order valence-electron chi connectivity index (χ1n) is 7.39. The molecule has 2 aliphatic rings. The quantitative estimate of drug-likeness (QED) is 0.790. The van der Waals surface area contributed by atoms with Gasteiger partial charge < -0.3 is 5.73 Å². The highest BCUT2D eigenvalue weighted by molar-refractivity contribution is 4.90. The van der Waals surface area contributed by atoms with Gasteiger partial charge in [-0.3, -0.25) is 9.80 Å². The molecular formula is C14H29N3. The number of hydrogen-bond acceptors (Lipinski definition) is 3. The van der Waals surface area contributed by atoms with Gasteiger partial charge in [0.25, 0.3) is 0 Å². The van der Waals surface area contributed by atoms with E-state index < -0.39 is 0 Å². The van der Waals surface area contributed by atoms with Crippen molar-refractivity contribution in [1.82, 2.24) is 9.80 Å². The van der Waals surface area contributed by atoms with E-state index >= 15 is 0 Å². The van der Waals surface area contributed by atoms with E-state index in [0.29, 0.717) is 5.41 Å². The Morgan fingerprint density at radius 1 is 1.18 bits per heavy atom. The summed E-state index contributed by atoms with van der Waals surface area (Å²) in [4.78, 5) is 5.35. The molecule has 2 saturated heterocycles. The van der Waals surface area contributed by atoms with Gasteiger partial charge in [0.1, 0.15) is 0 Å². The molecule has 2 rings (SSSR count). The van der Waals surface area contributed by atoms with Gasteiger partial charge in [0.2, 0.25) is 0 Å². The van der Waals surface area contributed by atoms with Crippen molar-refractivity contribution in [2.75, 3.05) is 39.3 Å². The number of piperazine rings is 1. The zero-order chi connectivity index (χ0) is 12.3. The highest BCUT2D eigenvalue weighted by atomic mass is 15.3. The summed E-state index contributed by atoms with van der Waals surface area (Å²) in [6, 6.07) is 0.841. The fraction of sp³-hybridized carbons (Fsp3) is 1.00. The summed E-state index contributed by atoms with van der Waals surface area (Å²) in [6.45, 7) is 11.8. The second-order valence-electron chi connectivity index (χ2n) is 5.98. The van der Waals surface area contributed by atoms with Gasteiger partial charge >= 0.3 is 0 Å². The monoisotopic (exact) mass is 239 g/mol. The summed E-state index contributed by atoms with van der Waals surface area (Å²) in [5.74, 6) is 0. The summed E-state index contributed by atoms with van der Waals surface area (Å²) in [7, 11) is 0. The van der Waals surface area contributed by atoms with Crippen molar-refractivity contribution in [3.8, 4) is 0 Å². The van der Waals surface area contributed by atoms with Gasteiger partial charge in [-0.05, 0) is 44.2 Å². The van der Waals surface area contributed by atoms with Gasteiger partial charge in [-0.1, -0.05) is 13.8 Å². The first-order chi connectivity index (χ1) is 8.23. The first-order valence-corrected chi connectivity index (χ1v) is 7.39. The van der Waals surface area contributed by atoms with Crippen molar-refractivity contribution in [3.63, 3.8) is 0 Å². The lowest BCUT2D eigenvalue weighted by molar-refractivity contribution is 0.0629. The van der Waals surface area contributed by atoms with Crippen LogP contribution in [-0.2, 0) is 0 Å². The number of hydrogen-bond donors (Lipinski definition) is 1. The molecule has 2 aliphatic heterocycles. The van der Waals surface area contributed by atoms with Crippen LogP contribution in [0.1, 0.15) is 39.5 Å². The molecule has 1 unspecified atom stereocenters. The topological polar surface area (TPSA) is 32.5 Å². The largest absolute Gasteiger partial charge is 0.330 e. The van der Waals surface area contributed by atoms with Crippen LogP contribution in [0.2, 0.25) is 0 Å². The van der Waals surface area contributed by atoms with Crippen molar-refractivity contribution in [2.45, 2.75) is 45.6 Å². The molecule has 0 spiro atoms. The average Bonchev–Trinajstić information content (AvgIpc) is 2.83. The third-order valence-electron chi connectivity index (χ3n) is 5.16. The van der Waals surface area contributed by atoms with Crippen LogP contribution >= 0.6 is 0 Å². The molecule has 0 aromatic carbocycles. The van der Waals surface area contributed by atoms with Crippen molar-refractivity contribution < 1.29 is 0 Å². The van der Waals surface area contributed by atoms with Crippen LogP contribution in [0.25, 0.3) is 0 Å².